The Morgan fingerprint density at radius 1 is 1.09 bits per heavy atom. The molecule has 2 aromatic rings. The third kappa shape index (κ3) is 4.73. The molecule has 0 spiro atoms. The summed E-state index contributed by atoms with van der Waals surface area (Å²) in [5, 5.41) is 0. The molecule has 0 aliphatic heterocycles. The monoisotopic (exact) mass is 323 g/mol. The van der Waals surface area contributed by atoms with Gasteiger partial charge in [0.2, 0.25) is 0 Å². The van der Waals surface area contributed by atoms with Gasteiger partial charge < -0.3 is 4.98 Å². The third-order valence-corrected chi connectivity index (χ3v) is 2.78. The van der Waals surface area contributed by atoms with E-state index in [2.05, 4.69) is 15.8 Å². The highest BCUT2D eigenvalue weighted by Crippen LogP contribution is 2.29. The highest BCUT2D eigenvalue weighted by Gasteiger charge is 2.30. The number of alkyl halides is 3. The molecule has 0 aliphatic carbocycles. The molecule has 120 valence electrons. The van der Waals surface area contributed by atoms with E-state index in [9.17, 15) is 22.8 Å². The molecule has 0 fully saturated rings. The van der Waals surface area contributed by atoms with E-state index in [1.54, 1.807) is 12.3 Å². The number of carbonyl (C=O) groups is 2. The van der Waals surface area contributed by atoms with E-state index < -0.39 is 23.6 Å². The lowest BCUT2D eigenvalue weighted by Crippen LogP contribution is -2.40. The molecule has 0 unspecified atom stereocenters. The summed E-state index contributed by atoms with van der Waals surface area (Å²) in [6, 6.07) is 7.66. The Hall–Kier alpha value is -3.03. The molecule has 0 radical (unpaired) electrons. The molecule has 0 saturated heterocycles. The molecule has 8 heteroatoms. The second-order valence-electron chi connectivity index (χ2n) is 4.48. The van der Waals surface area contributed by atoms with Gasteiger partial charge in [-0.3, -0.25) is 20.4 Å². The highest BCUT2D eigenvalue weighted by molar-refractivity contribution is 5.96. The van der Waals surface area contributed by atoms with Gasteiger partial charge in [0.1, 0.15) is 5.69 Å². The number of amides is 2. The van der Waals surface area contributed by atoms with E-state index >= 15 is 0 Å². The van der Waals surface area contributed by atoms with Crippen molar-refractivity contribution in [2.24, 2.45) is 0 Å². The van der Waals surface area contributed by atoms with E-state index in [1.165, 1.54) is 24.3 Å². The van der Waals surface area contributed by atoms with Crippen molar-refractivity contribution in [3.8, 4) is 0 Å². The predicted molar refractivity (Wildman–Crippen MR) is 76.9 cm³/mol. The van der Waals surface area contributed by atoms with Crippen LogP contribution in [0.15, 0.2) is 48.7 Å². The van der Waals surface area contributed by atoms with Crippen LogP contribution in [0.5, 0.6) is 0 Å². The fourth-order valence-corrected chi connectivity index (χ4v) is 1.69. The quantitative estimate of drug-likeness (QED) is 0.600. The maximum absolute atomic E-state index is 12.6. The summed E-state index contributed by atoms with van der Waals surface area (Å²) in [6.07, 6.45) is -0.670. The first-order valence-electron chi connectivity index (χ1n) is 6.45. The number of H-pyrrole nitrogens is 1. The van der Waals surface area contributed by atoms with Crippen molar-refractivity contribution in [3.05, 3.63) is 65.5 Å². The minimum absolute atomic E-state index is 0.214. The Bertz CT molecular complexity index is 722. The number of hydrogen-bond donors (Lipinski definition) is 3. The minimum Gasteiger partial charge on any atom is -0.357 e. The number of hydrogen-bond acceptors (Lipinski definition) is 2. The molecule has 1 aromatic heterocycles. The van der Waals surface area contributed by atoms with Gasteiger partial charge in [0.25, 0.3) is 11.8 Å². The van der Waals surface area contributed by atoms with Crippen LogP contribution in [-0.4, -0.2) is 16.8 Å². The molecule has 23 heavy (non-hydrogen) atoms. The van der Waals surface area contributed by atoms with Crippen molar-refractivity contribution in [3.63, 3.8) is 0 Å². The lowest BCUT2D eigenvalue weighted by atomic mass is 10.1. The normalized spacial score (nSPS) is 11.4. The molecular formula is C15H12F3N3O2. The molecule has 1 heterocycles. The number of rotatable bonds is 3. The smallest absolute Gasteiger partial charge is 0.357 e. The van der Waals surface area contributed by atoms with Crippen LogP contribution >= 0.6 is 0 Å². The molecule has 0 atom stereocenters. The van der Waals surface area contributed by atoms with Gasteiger partial charge in [-0.1, -0.05) is 12.1 Å². The number of halogens is 3. The average Bonchev–Trinajstić information content (AvgIpc) is 3.04. The summed E-state index contributed by atoms with van der Waals surface area (Å²) in [4.78, 5) is 25.7. The van der Waals surface area contributed by atoms with Crippen molar-refractivity contribution in [1.29, 1.82) is 0 Å². The Kier molecular flexibility index (Phi) is 4.85. The summed E-state index contributed by atoms with van der Waals surface area (Å²) in [5.41, 5.74) is 3.94. The highest BCUT2D eigenvalue weighted by atomic mass is 19.4. The Morgan fingerprint density at radius 2 is 1.87 bits per heavy atom. The Balaban J connectivity index is 1.92. The van der Waals surface area contributed by atoms with E-state index in [-0.39, 0.29) is 11.3 Å². The number of aromatic nitrogens is 1. The first kappa shape index (κ1) is 16.3. The van der Waals surface area contributed by atoms with Crippen molar-refractivity contribution in [2.75, 3.05) is 0 Å². The molecule has 0 bridgehead atoms. The second-order valence-corrected chi connectivity index (χ2v) is 4.48. The van der Waals surface area contributed by atoms with E-state index in [1.807, 2.05) is 0 Å². The second kappa shape index (κ2) is 6.82. The lowest BCUT2D eigenvalue weighted by Gasteiger charge is -2.06. The molecule has 0 saturated carbocycles. The number of hydrazine groups is 1. The lowest BCUT2D eigenvalue weighted by molar-refractivity contribution is -0.137. The number of carbonyl (C=O) groups excluding carboxylic acids is 2. The zero-order chi connectivity index (χ0) is 16.9. The van der Waals surface area contributed by atoms with Crippen molar-refractivity contribution in [2.45, 2.75) is 6.18 Å². The van der Waals surface area contributed by atoms with Gasteiger partial charge in [0.05, 0.1) is 5.56 Å². The number of benzene rings is 1. The van der Waals surface area contributed by atoms with Crippen LogP contribution in [0.3, 0.4) is 0 Å². The first-order chi connectivity index (χ1) is 10.9. The molecule has 0 aliphatic rings. The summed E-state index contributed by atoms with van der Waals surface area (Å²) < 4.78 is 37.7. The maximum atomic E-state index is 12.6. The fourth-order valence-electron chi connectivity index (χ4n) is 1.69. The molecular weight excluding hydrogens is 311 g/mol. The van der Waals surface area contributed by atoms with E-state index in [0.717, 1.165) is 18.2 Å². The molecule has 3 N–H and O–H groups in total. The van der Waals surface area contributed by atoms with Crippen LogP contribution in [0, 0.1) is 0 Å². The zero-order valence-corrected chi connectivity index (χ0v) is 11.6. The third-order valence-electron chi connectivity index (χ3n) is 2.78. The van der Waals surface area contributed by atoms with Gasteiger partial charge in [0, 0.05) is 12.3 Å². The van der Waals surface area contributed by atoms with Crippen LogP contribution < -0.4 is 10.9 Å². The largest absolute Gasteiger partial charge is 0.416 e. The summed E-state index contributed by atoms with van der Waals surface area (Å²) >= 11 is 0. The topological polar surface area (TPSA) is 74.0 Å². The summed E-state index contributed by atoms with van der Waals surface area (Å²) in [7, 11) is 0. The van der Waals surface area contributed by atoms with Crippen molar-refractivity contribution >= 4 is 17.9 Å². The number of nitrogens with one attached hydrogen (secondary N) is 3. The standard InChI is InChI=1S/C15H12F3N3O2/c16-15(17,18)11-4-1-3-10(9-11)6-7-13(22)20-21-14(23)12-5-2-8-19-12/h1-9,19H,(H,20,22)(H,21,23)/b7-6+. The van der Waals surface area contributed by atoms with Gasteiger partial charge in [-0.25, -0.2) is 0 Å². The van der Waals surface area contributed by atoms with E-state index in [0.29, 0.717) is 0 Å². The van der Waals surface area contributed by atoms with Gasteiger partial charge in [-0.2, -0.15) is 13.2 Å². The van der Waals surface area contributed by atoms with Crippen LogP contribution in [0.25, 0.3) is 6.08 Å². The van der Waals surface area contributed by atoms with Gasteiger partial charge in [0.15, 0.2) is 0 Å². The van der Waals surface area contributed by atoms with Crippen LogP contribution in [0.1, 0.15) is 21.6 Å². The summed E-state index contributed by atoms with van der Waals surface area (Å²) in [5.74, 6) is -1.22. The molecule has 2 rings (SSSR count). The van der Waals surface area contributed by atoms with Crippen LogP contribution in [0.2, 0.25) is 0 Å². The Morgan fingerprint density at radius 3 is 2.52 bits per heavy atom. The Labute approximate surface area is 129 Å². The number of aromatic amines is 1. The minimum atomic E-state index is -4.45. The summed E-state index contributed by atoms with van der Waals surface area (Å²) in [6.45, 7) is 0. The van der Waals surface area contributed by atoms with Gasteiger partial charge >= 0.3 is 6.18 Å². The van der Waals surface area contributed by atoms with Crippen molar-refractivity contribution < 1.29 is 22.8 Å². The molecule has 5 nitrogen and oxygen atoms in total. The van der Waals surface area contributed by atoms with Crippen LogP contribution in [0.4, 0.5) is 13.2 Å². The van der Waals surface area contributed by atoms with Gasteiger partial charge in [-0.05, 0) is 35.9 Å². The van der Waals surface area contributed by atoms with Gasteiger partial charge in [-0.15, -0.1) is 0 Å². The molecule has 1 aromatic carbocycles. The van der Waals surface area contributed by atoms with Crippen molar-refractivity contribution in [1.82, 2.24) is 15.8 Å². The average molecular weight is 323 g/mol. The van der Waals surface area contributed by atoms with Crippen LogP contribution in [-0.2, 0) is 11.0 Å². The fraction of sp³-hybridized carbons (Fsp3) is 0.0667. The maximum Gasteiger partial charge on any atom is 0.416 e. The molecule has 2 amide bonds. The SMILES string of the molecule is O=C(/C=C/c1cccc(C(F)(F)F)c1)NNC(=O)c1ccc[nH]1. The predicted octanol–water partition coefficient (Wildman–Crippen LogP) is 2.51. The zero-order valence-electron chi connectivity index (χ0n) is 11.6. The first-order valence-corrected chi connectivity index (χ1v) is 6.45. The van der Waals surface area contributed by atoms with E-state index in [4.69, 9.17) is 0 Å².